The number of carboxylic acids is 2. The number of hydrogen-bond donors (Lipinski definition) is 2. The number of halogens is 6. The quantitative estimate of drug-likeness (QED) is 0.219. The van der Waals surface area contributed by atoms with E-state index in [4.69, 9.17) is 19.8 Å². The van der Waals surface area contributed by atoms with Crippen molar-refractivity contribution in [2.75, 3.05) is 28.2 Å². The van der Waals surface area contributed by atoms with E-state index in [9.17, 15) is 19.2 Å². The maximum Gasteiger partial charge on any atom is 1.00 e. The third-order valence-corrected chi connectivity index (χ3v) is 9.14. The summed E-state index contributed by atoms with van der Waals surface area (Å²) in [6, 6.07) is 0. The molecule has 0 fully saturated rings. The molecule has 80 heavy (non-hydrogen) atoms. The van der Waals surface area contributed by atoms with Gasteiger partial charge in [0.05, 0.1) is 0 Å². The number of nitrogens with zero attached hydrogens (tertiary/aromatic N) is 2. The molecule has 6 aliphatic carbocycles. The van der Waals surface area contributed by atoms with Gasteiger partial charge in [0.25, 0.3) is 11.9 Å². The molecule has 0 saturated carbocycles. The summed E-state index contributed by atoms with van der Waals surface area (Å²) >= 11 is 19.9. The predicted molar refractivity (Wildman–Crippen MR) is 365 cm³/mol. The molecular weight excluding hydrogens is 1400 g/mol. The van der Waals surface area contributed by atoms with E-state index in [1.807, 2.05) is 101 Å². The molecule has 0 unspecified atom stereocenters. The van der Waals surface area contributed by atoms with Gasteiger partial charge in [-0.25, -0.2) is 0 Å². The number of allylic oxidation sites excluding steroid dienone is 24. The fourth-order valence-electron chi connectivity index (χ4n) is 2.55. The number of rotatable bonds is 0. The summed E-state index contributed by atoms with van der Waals surface area (Å²) in [5, 5.41) is 14.8. The van der Waals surface area contributed by atoms with Crippen LogP contribution in [0.3, 0.4) is 0 Å². The van der Waals surface area contributed by atoms with E-state index in [1.54, 1.807) is 28.2 Å². The predicted octanol–water partition coefficient (Wildman–Crippen LogP) is 14.7. The minimum absolute atomic E-state index is 0. The summed E-state index contributed by atoms with van der Waals surface area (Å²) < 4.78 is 7.47. The van der Waals surface area contributed by atoms with Crippen molar-refractivity contribution in [3.63, 3.8) is 0 Å². The van der Waals surface area contributed by atoms with Crippen molar-refractivity contribution in [3.8, 4) is 0 Å². The van der Waals surface area contributed by atoms with Gasteiger partial charge in [-0.1, -0.05) is 288 Å². The van der Waals surface area contributed by atoms with Crippen LogP contribution in [0.1, 0.15) is 177 Å². The van der Waals surface area contributed by atoms with Gasteiger partial charge < -0.3 is 40.6 Å². The number of carbonyl (C=O) groups excluding carboxylic acids is 4. The Kier molecular flexibility index (Phi) is 164. The van der Waals surface area contributed by atoms with Gasteiger partial charge in [0.1, 0.15) is 11.6 Å². The Morgan fingerprint density at radius 3 is 0.537 bits per heavy atom. The summed E-state index contributed by atoms with van der Waals surface area (Å²) in [6.45, 7) is 35.3. The van der Waals surface area contributed by atoms with Gasteiger partial charge >= 0.3 is 37.7 Å². The Morgan fingerprint density at radius 2 is 0.512 bits per heavy atom. The molecule has 6 rings (SSSR count). The van der Waals surface area contributed by atoms with Gasteiger partial charge in [0.2, 0.25) is 11.8 Å². The minimum Gasteiger partial charge on any atom is -0.870 e. The second-order valence-electron chi connectivity index (χ2n) is 13.1. The van der Waals surface area contributed by atoms with Crippen LogP contribution in [-0.4, -0.2) is 94.5 Å². The largest absolute Gasteiger partial charge is 1.00 e. The molecule has 6 aliphatic rings. The first-order chi connectivity index (χ1) is 35.6. The number of carboxylic acid groups (broad SMARTS) is 2. The second kappa shape index (κ2) is 109. The van der Waals surface area contributed by atoms with E-state index >= 15 is 0 Å². The van der Waals surface area contributed by atoms with Crippen molar-refractivity contribution < 1.29 is 87.7 Å². The van der Waals surface area contributed by atoms with Crippen molar-refractivity contribution in [1.82, 2.24) is 9.80 Å². The summed E-state index contributed by atoms with van der Waals surface area (Å²) in [5.41, 5.74) is 0. The van der Waals surface area contributed by atoms with Crippen molar-refractivity contribution in [1.29, 1.82) is 0 Å². The minimum atomic E-state index is -0.833. The zero-order valence-electron chi connectivity index (χ0n) is 54.0. The topological polar surface area (TPSA) is 209 Å². The molecule has 0 aromatic heterocycles. The molecule has 0 aromatic rings. The molecule has 0 heterocycles. The number of Topliss-reactive ketones (excluding diaryl/α,β-unsaturated/α-hetero) is 2. The van der Waals surface area contributed by atoms with Gasteiger partial charge in [-0.05, 0) is 79.7 Å². The van der Waals surface area contributed by atoms with Crippen molar-refractivity contribution >= 4 is 131 Å². The zero-order valence-corrected chi connectivity index (χ0v) is 63.6. The van der Waals surface area contributed by atoms with Crippen LogP contribution in [0.15, 0.2) is 136 Å². The molecule has 0 atom stereocenters. The second-order valence-corrected chi connectivity index (χ2v) is 18.9. The van der Waals surface area contributed by atoms with Crippen LogP contribution in [-0.2, 0) is 28.8 Å². The molecule has 0 spiro atoms. The van der Waals surface area contributed by atoms with Crippen LogP contribution in [0.4, 0.5) is 0 Å². The molecule has 0 aromatic carbocycles. The number of ketones is 2. The number of aliphatic carboxylic acids is 2. The Bertz CT molecular complexity index is 1550. The average Bonchev–Trinajstić information content (AvgIpc) is 4.24. The zero-order chi connectivity index (χ0) is 63.1. The normalized spacial score (nSPS) is 11.2. The first kappa shape index (κ1) is 120. The first-order valence-corrected chi connectivity index (χ1v) is 30.1. The smallest absolute Gasteiger partial charge is 0.870 e. The summed E-state index contributed by atoms with van der Waals surface area (Å²) in [6.07, 6.45) is 44.1. The Morgan fingerprint density at radius 1 is 0.375 bits per heavy atom. The van der Waals surface area contributed by atoms with Crippen LogP contribution in [0, 0.1) is 0 Å². The molecule has 0 radical (unpaired) electrons. The van der Waals surface area contributed by atoms with Crippen LogP contribution in [0.2, 0.25) is 0 Å². The van der Waals surface area contributed by atoms with Gasteiger partial charge in [-0.2, -0.15) is 0 Å². The molecule has 20 heteroatoms. The summed E-state index contributed by atoms with van der Waals surface area (Å²) in [7, 11) is 6.90. The van der Waals surface area contributed by atoms with Crippen molar-refractivity contribution in [2.24, 2.45) is 0 Å². The maximum absolute atomic E-state index is 10.1. The van der Waals surface area contributed by atoms with E-state index < -0.39 is 11.9 Å². The third kappa shape index (κ3) is 186. The molecule has 2 amide bonds. The molecule has 0 saturated heterocycles. The van der Waals surface area contributed by atoms with E-state index in [0.29, 0.717) is 0 Å². The van der Waals surface area contributed by atoms with Crippen LogP contribution < -0.4 is 37.7 Å². The SMILES string of the molecule is BrC1=CC=CC1.BrC1=CC=CC1.BrC1=CC=CC1.BrC1=CCC=C1.BrC1=CCC=C1.BrC1=CCC=C1.CC.CC.CC.CC.CC.CC.CC(=O)N(C)C.CC(=O)N(C)C.CC(=O)O.CC(=O)O.CC(C)=O.CC(C)=O.[Li+].[Li+].[OH-].[OH-]. The van der Waals surface area contributed by atoms with Gasteiger partial charge in [0, 0.05) is 69.3 Å². The van der Waals surface area contributed by atoms with E-state index in [0.717, 1.165) is 52.4 Å². The number of carbonyl (C=O) groups is 6. The molecule has 0 aliphatic heterocycles. The van der Waals surface area contributed by atoms with E-state index in [2.05, 4.69) is 187 Å². The fraction of sp³-hybridized carbons (Fsp3) is 0.500. The van der Waals surface area contributed by atoms with Crippen molar-refractivity contribution in [3.05, 3.63) is 136 Å². The molecule has 460 valence electrons. The molecular formula is C60H106Br6Li2N2O10. The van der Waals surface area contributed by atoms with E-state index in [-0.39, 0.29) is 72.1 Å². The summed E-state index contributed by atoms with van der Waals surface area (Å²) in [4.78, 5) is 60.1. The van der Waals surface area contributed by atoms with Crippen LogP contribution in [0.5, 0.6) is 0 Å². The van der Waals surface area contributed by atoms with Crippen molar-refractivity contribution in [2.45, 2.75) is 177 Å². The average molecular weight is 1510 g/mol. The van der Waals surface area contributed by atoms with Gasteiger partial charge in [0.15, 0.2) is 0 Å². The number of amides is 2. The Hall–Kier alpha value is -1.91. The Balaban J connectivity index is -0.0000000392. The Labute approximate surface area is 564 Å². The summed E-state index contributed by atoms with van der Waals surface area (Å²) in [5.74, 6) is -1.15. The third-order valence-electron chi connectivity index (χ3n) is 5.62. The fourth-order valence-corrected chi connectivity index (χ4v) is 4.69. The maximum atomic E-state index is 10.1. The van der Waals surface area contributed by atoms with Crippen LogP contribution >= 0.6 is 95.6 Å². The van der Waals surface area contributed by atoms with Gasteiger partial charge in [-0.3, -0.25) is 19.2 Å². The monoisotopic (exact) mass is 1500 g/mol. The molecule has 4 N–H and O–H groups in total. The molecule has 12 nitrogen and oxygen atoms in total. The first-order valence-electron chi connectivity index (χ1n) is 25.4. The number of hydrogen-bond acceptors (Lipinski definition) is 8. The van der Waals surface area contributed by atoms with Gasteiger partial charge in [-0.15, -0.1) is 0 Å². The standard InChI is InChI=1S/6C5H5Br.2C4H9NO.2C3H6O.2C2H4O2.6C2H6.2Li.2H2O/c6*6-5-3-1-2-4-5;2*1-4(6)5(2)3;2*1-3(2)4;2*1-2(3)4;6*1-2;;;;/h3*1,3-4H,2H2;3*1-3H,4H2;2*1-3H3;2*1-2H3;2*1H3,(H,3,4);6*1-2H3;;;2*1H2/q;;;;;;;;;;;;;;;;;;2*+1;;/p-2. The van der Waals surface area contributed by atoms with E-state index in [1.165, 1.54) is 78.2 Å². The molecule has 0 bridgehead atoms. The van der Waals surface area contributed by atoms with Crippen LogP contribution in [0.25, 0.3) is 0 Å².